The van der Waals surface area contributed by atoms with Crippen LogP contribution in [-0.2, 0) is 9.47 Å². The molecule has 1 aromatic rings. The van der Waals surface area contributed by atoms with Crippen LogP contribution in [0.5, 0.6) is 0 Å². The first-order valence-corrected chi connectivity index (χ1v) is 7.21. The molecule has 1 unspecified atom stereocenters. The van der Waals surface area contributed by atoms with Crippen LogP contribution in [0.4, 0.5) is 4.79 Å². The van der Waals surface area contributed by atoms with Gasteiger partial charge in [-0.05, 0) is 33.6 Å². The van der Waals surface area contributed by atoms with Crippen LogP contribution >= 0.6 is 0 Å². The van der Waals surface area contributed by atoms with Gasteiger partial charge in [0.05, 0.1) is 31.2 Å². The number of amides is 1. The Bertz CT molecular complexity index is 551. The van der Waals surface area contributed by atoms with E-state index < -0.39 is 11.6 Å². The lowest BCUT2D eigenvalue weighted by molar-refractivity contribution is 0.0220. The van der Waals surface area contributed by atoms with E-state index in [2.05, 4.69) is 14.7 Å². The fraction of sp³-hybridized carbons (Fsp3) is 0.600. The van der Waals surface area contributed by atoms with E-state index >= 15 is 0 Å². The van der Waals surface area contributed by atoms with Gasteiger partial charge < -0.3 is 9.47 Å². The third-order valence-electron chi connectivity index (χ3n) is 3.29. The second-order valence-electron chi connectivity index (χ2n) is 6.15. The van der Waals surface area contributed by atoms with E-state index in [1.54, 1.807) is 4.90 Å². The van der Waals surface area contributed by atoms with Crippen molar-refractivity contribution < 1.29 is 19.1 Å². The zero-order chi connectivity index (χ0) is 16.3. The Balaban J connectivity index is 2.13. The molecule has 1 aliphatic heterocycles. The van der Waals surface area contributed by atoms with Gasteiger partial charge in [-0.15, -0.1) is 0 Å². The molecule has 1 aliphatic rings. The summed E-state index contributed by atoms with van der Waals surface area (Å²) < 4.78 is 10.0. The third-order valence-corrected chi connectivity index (χ3v) is 3.29. The van der Waals surface area contributed by atoms with E-state index in [1.165, 1.54) is 19.5 Å². The van der Waals surface area contributed by atoms with Crippen molar-refractivity contribution in [2.75, 3.05) is 13.7 Å². The monoisotopic (exact) mass is 307 g/mol. The molecule has 7 nitrogen and oxygen atoms in total. The summed E-state index contributed by atoms with van der Waals surface area (Å²) >= 11 is 0. The molecule has 0 N–H and O–H groups in total. The Morgan fingerprint density at radius 3 is 2.55 bits per heavy atom. The summed E-state index contributed by atoms with van der Waals surface area (Å²) in [5.74, 6) is -0.533. The summed E-state index contributed by atoms with van der Waals surface area (Å²) in [5, 5.41) is 0. The minimum atomic E-state index is -0.537. The number of hydrogen-bond donors (Lipinski definition) is 0. The molecule has 7 heteroatoms. The van der Waals surface area contributed by atoms with Crippen LogP contribution in [-0.4, -0.2) is 46.2 Å². The quantitative estimate of drug-likeness (QED) is 0.780. The number of aromatic nitrogens is 2. The SMILES string of the molecule is COC(=O)c1cnc(C2CCCN2C(=O)OC(C)(C)C)cn1. The van der Waals surface area contributed by atoms with Gasteiger partial charge in [-0.1, -0.05) is 0 Å². The fourth-order valence-corrected chi connectivity index (χ4v) is 2.33. The minimum absolute atomic E-state index is 0.146. The first-order chi connectivity index (χ1) is 10.3. The molecule has 1 aromatic heterocycles. The van der Waals surface area contributed by atoms with Gasteiger partial charge in [0.2, 0.25) is 0 Å². The van der Waals surface area contributed by atoms with Gasteiger partial charge in [-0.25, -0.2) is 14.6 Å². The van der Waals surface area contributed by atoms with Gasteiger partial charge in [-0.2, -0.15) is 0 Å². The van der Waals surface area contributed by atoms with Crippen molar-refractivity contribution in [2.45, 2.75) is 45.3 Å². The molecule has 1 saturated heterocycles. The van der Waals surface area contributed by atoms with Gasteiger partial charge in [0.25, 0.3) is 0 Å². The second kappa shape index (κ2) is 6.29. The number of ether oxygens (including phenoxy) is 2. The van der Waals surface area contributed by atoms with Gasteiger partial charge in [0.15, 0.2) is 5.69 Å². The predicted octanol–water partition coefficient (Wildman–Crippen LogP) is 2.34. The number of rotatable bonds is 2. The van der Waals surface area contributed by atoms with E-state index in [0.717, 1.165) is 12.8 Å². The number of carbonyl (C=O) groups excluding carboxylic acids is 2. The molecule has 2 rings (SSSR count). The molecule has 22 heavy (non-hydrogen) atoms. The van der Waals surface area contributed by atoms with Crippen LogP contribution in [0.3, 0.4) is 0 Å². The Morgan fingerprint density at radius 2 is 2.00 bits per heavy atom. The van der Waals surface area contributed by atoms with E-state index in [1.807, 2.05) is 20.8 Å². The number of nitrogens with zero attached hydrogens (tertiary/aromatic N) is 3. The molecule has 1 amide bonds. The highest BCUT2D eigenvalue weighted by atomic mass is 16.6. The van der Waals surface area contributed by atoms with E-state index in [0.29, 0.717) is 12.2 Å². The van der Waals surface area contributed by atoms with E-state index in [9.17, 15) is 9.59 Å². The van der Waals surface area contributed by atoms with E-state index in [4.69, 9.17) is 4.74 Å². The average Bonchev–Trinajstić information content (AvgIpc) is 2.94. The molecular weight excluding hydrogens is 286 g/mol. The smallest absolute Gasteiger partial charge is 0.410 e. The van der Waals surface area contributed by atoms with Crippen molar-refractivity contribution in [3.8, 4) is 0 Å². The Morgan fingerprint density at radius 1 is 1.27 bits per heavy atom. The molecule has 0 bridgehead atoms. The van der Waals surface area contributed by atoms with Crippen LogP contribution in [0.1, 0.15) is 55.8 Å². The Hall–Kier alpha value is -2.18. The molecular formula is C15H21N3O4. The highest BCUT2D eigenvalue weighted by Crippen LogP contribution is 2.31. The van der Waals surface area contributed by atoms with Crippen molar-refractivity contribution in [2.24, 2.45) is 0 Å². The Kier molecular flexibility index (Phi) is 4.63. The largest absolute Gasteiger partial charge is 0.464 e. The molecule has 2 heterocycles. The van der Waals surface area contributed by atoms with Crippen molar-refractivity contribution >= 4 is 12.1 Å². The molecule has 120 valence electrons. The molecule has 0 spiro atoms. The molecule has 1 atom stereocenters. The summed E-state index contributed by atoms with van der Waals surface area (Å²) in [5.41, 5.74) is 0.258. The first kappa shape index (κ1) is 16.2. The highest BCUT2D eigenvalue weighted by Gasteiger charge is 2.34. The number of carbonyl (C=O) groups is 2. The maximum absolute atomic E-state index is 12.2. The summed E-state index contributed by atoms with van der Waals surface area (Å²) in [6.45, 7) is 6.13. The van der Waals surface area contributed by atoms with Gasteiger partial charge in [0.1, 0.15) is 5.60 Å². The number of hydrogen-bond acceptors (Lipinski definition) is 6. The van der Waals surface area contributed by atoms with Crippen LogP contribution in [0.2, 0.25) is 0 Å². The lowest BCUT2D eigenvalue weighted by Gasteiger charge is -2.28. The fourth-order valence-electron chi connectivity index (χ4n) is 2.33. The number of methoxy groups -OCH3 is 1. The molecule has 0 aromatic carbocycles. The molecule has 0 saturated carbocycles. The lowest BCUT2D eigenvalue weighted by Crippen LogP contribution is -2.36. The van der Waals surface area contributed by atoms with Gasteiger partial charge >= 0.3 is 12.1 Å². The van der Waals surface area contributed by atoms with Crippen molar-refractivity contribution in [3.63, 3.8) is 0 Å². The van der Waals surface area contributed by atoms with Crippen LogP contribution < -0.4 is 0 Å². The highest BCUT2D eigenvalue weighted by molar-refractivity contribution is 5.86. The molecule has 0 radical (unpaired) electrons. The van der Waals surface area contributed by atoms with Crippen molar-refractivity contribution in [3.05, 3.63) is 23.8 Å². The standard InChI is InChI=1S/C15H21N3O4/c1-15(2,3)22-14(20)18-7-5-6-12(18)10-8-17-11(9-16-10)13(19)21-4/h8-9,12H,5-7H2,1-4H3. The summed E-state index contributed by atoms with van der Waals surface area (Å²) in [7, 11) is 1.29. The van der Waals surface area contributed by atoms with E-state index in [-0.39, 0.29) is 17.8 Å². The summed E-state index contributed by atoms with van der Waals surface area (Å²) in [6, 6.07) is -0.172. The normalized spacial score (nSPS) is 18.2. The Labute approximate surface area is 129 Å². The van der Waals surface area contributed by atoms with Crippen LogP contribution in [0.25, 0.3) is 0 Å². The number of likely N-dealkylation sites (tertiary alicyclic amines) is 1. The minimum Gasteiger partial charge on any atom is -0.464 e. The molecule has 0 aliphatic carbocycles. The number of esters is 1. The summed E-state index contributed by atoms with van der Waals surface area (Å²) in [6.07, 6.45) is 4.20. The topological polar surface area (TPSA) is 81.6 Å². The first-order valence-electron chi connectivity index (χ1n) is 7.21. The lowest BCUT2D eigenvalue weighted by atomic mass is 10.1. The predicted molar refractivity (Wildman–Crippen MR) is 78.3 cm³/mol. The average molecular weight is 307 g/mol. The maximum Gasteiger partial charge on any atom is 0.410 e. The van der Waals surface area contributed by atoms with Crippen molar-refractivity contribution in [1.29, 1.82) is 0 Å². The molecule has 1 fully saturated rings. The second-order valence-corrected chi connectivity index (χ2v) is 6.15. The van der Waals surface area contributed by atoms with Crippen LogP contribution in [0, 0.1) is 0 Å². The third kappa shape index (κ3) is 3.72. The van der Waals surface area contributed by atoms with Gasteiger partial charge in [0, 0.05) is 6.54 Å². The van der Waals surface area contributed by atoms with Gasteiger partial charge in [-0.3, -0.25) is 9.88 Å². The zero-order valence-corrected chi connectivity index (χ0v) is 13.3. The van der Waals surface area contributed by atoms with Crippen molar-refractivity contribution in [1.82, 2.24) is 14.9 Å². The maximum atomic E-state index is 12.2. The van der Waals surface area contributed by atoms with Crippen LogP contribution in [0.15, 0.2) is 12.4 Å². The zero-order valence-electron chi connectivity index (χ0n) is 13.3. The summed E-state index contributed by atoms with van der Waals surface area (Å²) in [4.78, 5) is 33.6.